The van der Waals surface area contributed by atoms with Gasteiger partial charge in [-0.2, -0.15) is 0 Å². The lowest BCUT2D eigenvalue weighted by Gasteiger charge is -2.26. The smallest absolute Gasteiger partial charge is 0.378 e. The maximum absolute atomic E-state index is 11.0. The van der Waals surface area contributed by atoms with Crippen LogP contribution in [-0.2, 0) is 24.6 Å². The summed E-state index contributed by atoms with van der Waals surface area (Å²) in [5, 5.41) is 0. The Hall–Kier alpha value is -3.80. The third kappa shape index (κ3) is 7.85. The van der Waals surface area contributed by atoms with Gasteiger partial charge in [0, 0.05) is 17.6 Å². The largest absolute Gasteiger partial charge is 0.490 e. The monoisotopic (exact) mass is 424 g/mol. The highest BCUT2D eigenvalue weighted by Crippen LogP contribution is 2.33. The Labute approximate surface area is 183 Å². The van der Waals surface area contributed by atoms with Crippen LogP contribution in [0.3, 0.4) is 0 Å². The molecule has 31 heavy (non-hydrogen) atoms. The lowest BCUT2D eigenvalue weighted by atomic mass is 9.78. The Balaban J connectivity index is 0.00000233. The normalized spacial score (nSPS) is 10.0. The molecule has 2 aromatic rings. The molecule has 6 nitrogen and oxygen atoms in total. The minimum absolute atomic E-state index is 0.161. The Morgan fingerprint density at radius 2 is 1.29 bits per heavy atom. The van der Waals surface area contributed by atoms with Crippen LogP contribution in [-0.4, -0.2) is 25.2 Å². The lowest BCUT2D eigenvalue weighted by Crippen LogP contribution is -2.18. The number of esters is 1. The Bertz CT molecular complexity index is 866. The highest BCUT2D eigenvalue weighted by molar-refractivity contribution is 5.81. The van der Waals surface area contributed by atoms with Gasteiger partial charge in [0.1, 0.15) is 19.0 Å². The summed E-state index contributed by atoms with van der Waals surface area (Å²) in [4.78, 5) is 31.5. The van der Waals surface area contributed by atoms with Gasteiger partial charge in [0.05, 0.1) is 0 Å². The molecule has 0 N–H and O–H groups in total. The van der Waals surface area contributed by atoms with Crippen LogP contribution in [0.2, 0.25) is 0 Å². The van der Waals surface area contributed by atoms with Crippen LogP contribution in [0.4, 0.5) is 0 Å². The van der Waals surface area contributed by atoms with Crippen LogP contribution in [0.15, 0.2) is 87.0 Å². The van der Waals surface area contributed by atoms with E-state index in [0.717, 1.165) is 23.3 Å². The van der Waals surface area contributed by atoms with Crippen molar-refractivity contribution in [3.05, 3.63) is 98.1 Å². The Kier molecular flexibility index (Phi) is 10.3. The summed E-state index contributed by atoms with van der Waals surface area (Å²) >= 11 is 0. The SMILES string of the molecule is C=C.C=CC(=O)OCCOc1ccc(C(C)(C)c2ccc(OOC(=O)C=C)cc2)cc1. The van der Waals surface area contributed by atoms with Gasteiger partial charge in [-0.15, -0.1) is 13.2 Å². The van der Waals surface area contributed by atoms with Crippen molar-refractivity contribution >= 4 is 11.9 Å². The molecule has 0 aliphatic rings. The third-order valence-electron chi connectivity index (χ3n) is 4.30. The van der Waals surface area contributed by atoms with Gasteiger partial charge in [0.25, 0.3) is 0 Å². The van der Waals surface area contributed by atoms with Crippen LogP contribution in [0.25, 0.3) is 0 Å². The molecule has 0 radical (unpaired) electrons. The number of benzene rings is 2. The van der Waals surface area contributed by atoms with Gasteiger partial charge in [-0.1, -0.05) is 51.3 Å². The summed E-state index contributed by atoms with van der Waals surface area (Å²) < 4.78 is 10.4. The van der Waals surface area contributed by atoms with E-state index in [1.807, 2.05) is 36.4 Å². The Morgan fingerprint density at radius 3 is 1.77 bits per heavy atom. The summed E-state index contributed by atoms with van der Waals surface area (Å²) in [5.41, 5.74) is 1.88. The summed E-state index contributed by atoms with van der Waals surface area (Å²) in [6.07, 6.45) is 2.14. The summed E-state index contributed by atoms with van der Waals surface area (Å²) in [6.45, 7) is 17.3. The molecule has 164 valence electrons. The molecule has 0 aromatic heterocycles. The van der Waals surface area contributed by atoms with Crippen molar-refractivity contribution in [3.63, 3.8) is 0 Å². The average molecular weight is 424 g/mol. The first kappa shape index (κ1) is 25.2. The van der Waals surface area contributed by atoms with Crippen molar-refractivity contribution in [1.82, 2.24) is 0 Å². The van der Waals surface area contributed by atoms with E-state index in [1.165, 1.54) is 0 Å². The van der Waals surface area contributed by atoms with E-state index in [0.29, 0.717) is 11.5 Å². The molecule has 0 aliphatic heterocycles. The molecule has 0 bridgehead atoms. The molecule has 0 fully saturated rings. The second-order valence-corrected chi connectivity index (χ2v) is 6.58. The molecular weight excluding hydrogens is 396 g/mol. The second kappa shape index (κ2) is 12.7. The van der Waals surface area contributed by atoms with E-state index in [9.17, 15) is 9.59 Å². The molecule has 6 heteroatoms. The number of hydrogen-bond acceptors (Lipinski definition) is 6. The minimum atomic E-state index is -0.657. The molecule has 0 unspecified atom stereocenters. The predicted octanol–water partition coefficient (Wildman–Crippen LogP) is 4.95. The molecule has 0 spiro atoms. The molecule has 0 saturated heterocycles. The molecule has 0 saturated carbocycles. The maximum atomic E-state index is 11.0. The summed E-state index contributed by atoms with van der Waals surface area (Å²) in [7, 11) is 0. The van der Waals surface area contributed by atoms with Crippen molar-refractivity contribution in [1.29, 1.82) is 0 Å². The van der Waals surface area contributed by atoms with Gasteiger partial charge >= 0.3 is 11.9 Å². The molecule has 0 heterocycles. The summed E-state index contributed by atoms with van der Waals surface area (Å²) in [5.74, 6) is -0.0239. The number of ether oxygens (including phenoxy) is 2. The van der Waals surface area contributed by atoms with Gasteiger partial charge in [-0.05, 0) is 35.4 Å². The van der Waals surface area contributed by atoms with Crippen LogP contribution < -0.4 is 9.62 Å². The zero-order chi connectivity index (χ0) is 23.3. The first-order valence-electron chi connectivity index (χ1n) is 9.51. The van der Waals surface area contributed by atoms with Crippen molar-refractivity contribution in [2.75, 3.05) is 13.2 Å². The fourth-order valence-corrected chi connectivity index (χ4v) is 2.55. The van der Waals surface area contributed by atoms with E-state index in [-0.39, 0.29) is 18.6 Å². The van der Waals surface area contributed by atoms with E-state index >= 15 is 0 Å². The second-order valence-electron chi connectivity index (χ2n) is 6.58. The topological polar surface area (TPSA) is 71.1 Å². The number of hydrogen-bond donors (Lipinski definition) is 0. The highest BCUT2D eigenvalue weighted by Gasteiger charge is 2.23. The van der Waals surface area contributed by atoms with E-state index in [1.54, 1.807) is 12.1 Å². The molecule has 2 rings (SSSR count). The quantitative estimate of drug-likeness (QED) is 0.134. The molecule has 0 amide bonds. The number of carbonyl (C=O) groups excluding carboxylic acids is 2. The van der Waals surface area contributed by atoms with Crippen LogP contribution in [0.5, 0.6) is 11.5 Å². The zero-order valence-electron chi connectivity index (χ0n) is 18.0. The van der Waals surface area contributed by atoms with Gasteiger partial charge in [0.2, 0.25) is 0 Å². The first-order valence-corrected chi connectivity index (χ1v) is 9.51. The first-order chi connectivity index (χ1) is 14.9. The fourth-order valence-electron chi connectivity index (χ4n) is 2.55. The van der Waals surface area contributed by atoms with Crippen molar-refractivity contribution < 1.29 is 28.8 Å². The van der Waals surface area contributed by atoms with Crippen LogP contribution in [0.1, 0.15) is 25.0 Å². The van der Waals surface area contributed by atoms with Gasteiger partial charge in [0.15, 0.2) is 5.75 Å². The van der Waals surface area contributed by atoms with Crippen LogP contribution in [0, 0.1) is 0 Å². The van der Waals surface area contributed by atoms with E-state index in [2.05, 4.69) is 45.1 Å². The van der Waals surface area contributed by atoms with E-state index in [4.69, 9.17) is 14.4 Å². The number of rotatable bonds is 10. The highest BCUT2D eigenvalue weighted by atomic mass is 17.2. The van der Waals surface area contributed by atoms with Gasteiger partial charge in [-0.3, -0.25) is 4.89 Å². The lowest BCUT2D eigenvalue weighted by molar-refractivity contribution is -0.207. The maximum Gasteiger partial charge on any atom is 0.378 e. The van der Waals surface area contributed by atoms with Gasteiger partial charge < -0.3 is 9.47 Å². The van der Waals surface area contributed by atoms with Crippen LogP contribution >= 0.6 is 0 Å². The Morgan fingerprint density at radius 1 is 0.806 bits per heavy atom. The standard InChI is InChI=1S/C23H24O6.C2H4/c1-5-21(24)27-16-15-26-19-11-7-17(8-12-19)23(3,4)18-9-13-20(14-10-18)28-29-22(25)6-2;1-2/h5-14H,1-2,15-16H2,3-4H3;1-2H2. The number of carbonyl (C=O) groups is 2. The van der Waals surface area contributed by atoms with Crippen molar-refractivity contribution in [3.8, 4) is 11.5 Å². The zero-order valence-corrected chi connectivity index (χ0v) is 18.0. The third-order valence-corrected chi connectivity index (χ3v) is 4.30. The predicted molar refractivity (Wildman–Crippen MR) is 120 cm³/mol. The fraction of sp³-hybridized carbons (Fsp3) is 0.200. The minimum Gasteiger partial charge on any atom is -0.490 e. The van der Waals surface area contributed by atoms with E-state index < -0.39 is 11.9 Å². The molecule has 0 aliphatic carbocycles. The average Bonchev–Trinajstić information content (AvgIpc) is 2.81. The molecule has 2 aromatic carbocycles. The van der Waals surface area contributed by atoms with Crippen molar-refractivity contribution in [2.45, 2.75) is 19.3 Å². The molecule has 0 atom stereocenters. The van der Waals surface area contributed by atoms with Crippen molar-refractivity contribution in [2.24, 2.45) is 0 Å². The molecular formula is C25H28O6. The van der Waals surface area contributed by atoms with Gasteiger partial charge in [-0.25, -0.2) is 14.5 Å². The summed E-state index contributed by atoms with van der Waals surface area (Å²) in [6, 6.07) is 15.0.